The van der Waals surface area contributed by atoms with Crippen LogP contribution in [0, 0.1) is 0 Å². The van der Waals surface area contributed by atoms with Gasteiger partial charge in [0.25, 0.3) is 5.91 Å². The Balaban J connectivity index is 1.42. The lowest BCUT2D eigenvalue weighted by Crippen LogP contribution is -2.19. The summed E-state index contributed by atoms with van der Waals surface area (Å²) in [7, 11) is 0. The summed E-state index contributed by atoms with van der Waals surface area (Å²) in [6.07, 6.45) is 4.63. The van der Waals surface area contributed by atoms with Gasteiger partial charge in [-0.05, 0) is 24.5 Å². The molecule has 5 rings (SSSR count). The normalized spacial score (nSPS) is 16.9. The van der Waals surface area contributed by atoms with E-state index in [0.717, 1.165) is 18.4 Å². The Labute approximate surface area is 182 Å². The number of nitrogens with one attached hydrogen (secondary N) is 3. The molecule has 3 aromatic rings. The number of carbonyl (C=O) groups excluding carboxylic acids is 3. The average Bonchev–Trinajstić information content (AvgIpc) is 3.41. The minimum absolute atomic E-state index is 0.00705. The number of nitrogens with zero attached hydrogens (tertiary/aromatic N) is 3. The number of carbonyl (C=O) groups is 3. The third-order valence-electron chi connectivity index (χ3n) is 5.10. The lowest BCUT2D eigenvalue weighted by Gasteiger charge is -2.11. The molecule has 1 saturated heterocycles. The van der Waals surface area contributed by atoms with Crippen LogP contribution >= 0.6 is 0 Å². The van der Waals surface area contributed by atoms with Gasteiger partial charge in [-0.1, -0.05) is 30.3 Å². The summed E-state index contributed by atoms with van der Waals surface area (Å²) in [5.74, 6) is 0.174. The molecule has 0 radical (unpaired) electrons. The lowest BCUT2D eigenvalue weighted by atomic mass is 10.1. The minimum Gasteiger partial charge on any atom is -0.444 e. The van der Waals surface area contributed by atoms with Gasteiger partial charge in [0.15, 0.2) is 5.65 Å². The minimum atomic E-state index is -0.636. The molecule has 0 bridgehead atoms. The highest BCUT2D eigenvalue weighted by Gasteiger charge is 2.26. The van der Waals surface area contributed by atoms with Crippen molar-refractivity contribution in [1.29, 1.82) is 0 Å². The van der Waals surface area contributed by atoms with Crippen molar-refractivity contribution in [2.75, 3.05) is 10.6 Å². The maximum atomic E-state index is 12.3. The van der Waals surface area contributed by atoms with E-state index < -0.39 is 12.0 Å². The van der Waals surface area contributed by atoms with Gasteiger partial charge in [0.1, 0.15) is 18.2 Å². The summed E-state index contributed by atoms with van der Waals surface area (Å²) in [5, 5.41) is 12.7. The Morgan fingerprint density at radius 3 is 2.78 bits per heavy atom. The van der Waals surface area contributed by atoms with Gasteiger partial charge < -0.3 is 10.1 Å². The van der Waals surface area contributed by atoms with Crippen LogP contribution in [0.15, 0.2) is 48.2 Å². The summed E-state index contributed by atoms with van der Waals surface area (Å²) < 4.78 is 6.90. The standard InChI is InChI=1S/C22H20N6O4/c29-19-9-14(21(30)27-19)8-15-11-23-28-18(24-16-6-7-16)10-17(25-20(15)28)26-22(31)32-12-13-4-2-1-3-5-13/h1-5,8,10-11,16,24H,6-7,9,12H2,(H,25,26,31)(H,27,29,30)/b14-8+. The van der Waals surface area contributed by atoms with E-state index >= 15 is 0 Å². The average molecular weight is 432 g/mol. The van der Waals surface area contributed by atoms with Gasteiger partial charge in [-0.3, -0.25) is 20.2 Å². The maximum absolute atomic E-state index is 12.3. The summed E-state index contributed by atoms with van der Waals surface area (Å²) in [4.78, 5) is 40.3. The van der Waals surface area contributed by atoms with Crippen molar-refractivity contribution >= 4 is 41.3 Å². The molecule has 3 amide bonds. The van der Waals surface area contributed by atoms with E-state index in [2.05, 4.69) is 26.0 Å². The first-order chi connectivity index (χ1) is 15.5. The molecule has 2 aliphatic rings. The Morgan fingerprint density at radius 2 is 2.06 bits per heavy atom. The highest BCUT2D eigenvalue weighted by Crippen LogP contribution is 2.28. The molecule has 0 spiro atoms. The molecule has 3 N–H and O–H groups in total. The van der Waals surface area contributed by atoms with Crippen LogP contribution in [-0.4, -0.2) is 38.5 Å². The van der Waals surface area contributed by atoms with Crippen molar-refractivity contribution in [2.24, 2.45) is 0 Å². The van der Waals surface area contributed by atoms with Crippen LogP contribution in [0.4, 0.5) is 16.4 Å². The molecule has 1 saturated carbocycles. The number of hydrogen-bond acceptors (Lipinski definition) is 7. The quantitative estimate of drug-likeness (QED) is 0.403. The van der Waals surface area contributed by atoms with Crippen molar-refractivity contribution in [3.63, 3.8) is 0 Å². The molecule has 10 heteroatoms. The van der Waals surface area contributed by atoms with Crippen LogP contribution in [-0.2, 0) is 20.9 Å². The van der Waals surface area contributed by atoms with E-state index in [0.29, 0.717) is 28.6 Å². The summed E-state index contributed by atoms with van der Waals surface area (Å²) in [6.45, 7) is 0.134. The highest BCUT2D eigenvalue weighted by molar-refractivity contribution is 6.15. The van der Waals surface area contributed by atoms with Crippen molar-refractivity contribution in [3.8, 4) is 0 Å². The van der Waals surface area contributed by atoms with Crippen molar-refractivity contribution < 1.29 is 19.1 Å². The van der Waals surface area contributed by atoms with Crippen molar-refractivity contribution in [2.45, 2.75) is 31.9 Å². The monoisotopic (exact) mass is 432 g/mol. The molecule has 1 aliphatic carbocycles. The van der Waals surface area contributed by atoms with E-state index in [1.165, 1.54) is 0 Å². The SMILES string of the molecule is O=C1C/C(=C\c2cnn3c(NC4CC4)cc(NC(=O)OCc4ccccc4)nc23)C(=O)N1. The maximum Gasteiger partial charge on any atom is 0.413 e. The first-order valence-corrected chi connectivity index (χ1v) is 10.2. The number of anilines is 2. The Kier molecular flexibility index (Phi) is 5.02. The van der Waals surface area contributed by atoms with Gasteiger partial charge in [0.05, 0.1) is 12.6 Å². The zero-order valence-electron chi connectivity index (χ0n) is 17.0. The molecular weight excluding hydrogens is 412 g/mol. The van der Waals surface area contributed by atoms with Gasteiger partial charge in [-0.2, -0.15) is 9.61 Å². The third-order valence-corrected chi connectivity index (χ3v) is 5.10. The molecule has 3 heterocycles. The van der Waals surface area contributed by atoms with E-state index in [4.69, 9.17) is 4.74 Å². The molecule has 10 nitrogen and oxygen atoms in total. The van der Waals surface area contributed by atoms with Gasteiger partial charge in [0.2, 0.25) is 5.91 Å². The third kappa shape index (κ3) is 4.29. The van der Waals surface area contributed by atoms with Crippen molar-refractivity contribution in [1.82, 2.24) is 19.9 Å². The lowest BCUT2D eigenvalue weighted by molar-refractivity contribution is -0.124. The molecule has 2 aromatic heterocycles. The fraction of sp³-hybridized carbons (Fsp3) is 0.227. The van der Waals surface area contributed by atoms with Crippen LogP contribution in [0.2, 0.25) is 0 Å². The number of benzene rings is 1. The van der Waals surface area contributed by atoms with Gasteiger partial charge in [-0.25, -0.2) is 9.78 Å². The molecule has 1 aromatic carbocycles. The van der Waals surface area contributed by atoms with Gasteiger partial charge in [-0.15, -0.1) is 0 Å². The summed E-state index contributed by atoms with van der Waals surface area (Å²) in [5.41, 5.74) is 2.21. The van der Waals surface area contributed by atoms with Crippen LogP contribution < -0.4 is 16.0 Å². The molecule has 1 aliphatic heterocycles. The van der Waals surface area contributed by atoms with Crippen LogP contribution in [0.3, 0.4) is 0 Å². The number of imide groups is 1. The Morgan fingerprint density at radius 1 is 1.25 bits per heavy atom. The van der Waals surface area contributed by atoms with Crippen LogP contribution in [0.5, 0.6) is 0 Å². The number of hydrogen-bond donors (Lipinski definition) is 3. The molecule has 2 fully saturated rings. The predicted molar refractivity (Wildman–Crippen MR) is 116 cm³/mol. The fourth-order valence-electron chi connectivity index (χ4n) is 3.36. The van der Waals surface area contributed by atoms with E-state index in [1.807, 2.05) is 30.3 Å². The van der Waals surface area contributed by atoms with E-state index in [1.54, 1.807) is 22.9 Å². The van der Waals surface area contributed by atoms with E-state index in [9.17, 15) is 14.4 Å². The molecule has 162 valence electrons. The predicted octanol–water partition coefficient (Wildman–Crippen LogP) is 2.48. The first-order valence-electron chi connectivity index (χ1n) is 10.2. The fourth-order valence-corrected chi connectivity index (χ4v) is 3.36. The second kappa shape index (κ2) is 8.14. The van der Waals surface area contributed by atoms with E-state index in [-0.39, 0.29) is 24.8 Å². The molecular formula is C22H20N6O4. The smallest absolute Gasteiger partial charge is 0.413 e. The van der Waals surface area contributed by atoms with Gasteiger partial charge in [0, 0.05) is 23.2 Å². The van der Waals surface area contributed by atoms with Crippen molar-refractivity contribution in [3.05, 3.63) is 59.3 Å². The Hall–Kier alpha value is -4.21. The molecule has 0 unspecified atom stereocenters. The highest BCUT2D eigenvalue weighted by atomic mass is 16.5. The number of fused-ring (bicyclic) bond motifs is 1. The first kappa shape index (κ1) is 19.7. The summed E-state index contributed by atoms with van der Waals surface area (Å²) >= 11 is 0. The molecule has 32 heavy (non-hydrogen) atoms. The topological polar surface area (TPSA) is 127 Å². The van der Waals surface area contributed by atoms with Gasteiger partial charge >= 0.3 is 6.09 Å². The van der Waals surface area contributed by atoms with Crippen LogP contribution in [0.25, 0.3) is 11.7 Å². The number of ether oxygens (including phenoxy) is 1. The molecule has 0 atom stereocenters. The zero-order chi connectivity index (χ0) is 22.1. The van der Waals surface area contributed by atoms with Crippen LogP contribution in [0.1, 0.15) is 30.4 Å². The number of aromatic nitrogens is 3. The number of rotatable bonds is 6. The number of amides is 3. The zero-order valence-corrected chi connectivity index (χ0v) is 17.0. The largest absolute Gasteiger partial charge is 0.444 e. The summed E-state index contributed by atoms with van der Waals surface area (Å²) in [6, 6.07) is 11.4. The second-order valence-corrected chi connectivity index (χ2v) is 7.69. The second-order valence-electron chi connectivity index (χ2n) is 7.69. The Bertz CT molecular complexity index is 1250.